The van der Waals surface area contributed by atoms with Gasteiger partial charge < -0.3 is 38.8 Å². The van der Waals surface area contributed by atoms with Crippen molar-refractivity contribution in [3.05, 3.63) is 59.2 Å². The number of anilines is 1. The molecule has 2 aromatic carbocycles. The molecule has 9 nitrogen and oxygen atoms in total. The zero-order valence-electron chi connectivity index (χ0n) is 27.4. The van der Waals surface area contributed by atoms with Crippen LogP contribution in [0.2, 0.25) is 0 Å². The quantitative estimate of drug-likeness (QED) is 0.260. The van der Waals surface area contributed by atoms with Gasteiger partial charge in [0.1, 0.15) is 12.4 Å². The molecule has 1 saturated heterocycles. The summed E-state index contributed by atoms with van der Waals surface area (Å²) in [5.74, 6) is 1.36. The third-order valence-corrected chi connectivity index (χ3v) is 8.78. The van der Waals surface area contributed by atoms with Gasteiger partial charge >= 0.3 is 0 Å². The van der Waals surface area contributed by atoms with Crippen LogP contribution in [0.3, 0.4) is 0 Å². The van der Waals surface area contributed by atoms with Crippen LogP contribution >= 0.6 is 0 Å². The third kappa shape index (κ3) is 9.65. The summed E-state index contributed by atoms with van der Waals surface area (Å²) in [6, 6.07) is 15.4. The highest BCUT2D eigenvalue weighted by Crippen LogP contribution is 2.35. The number of hydrogen-bond donors (Lipinski definition) is 1. The van der Waals surface area contributed by atoms with Gasteiger partial charge in [-0.25, -0.2) is 0 Å². The van der Waals surface area contributed by atoms with E-state index in [0.717, 1.165) is 74.5 Å². The van der Waals surface area contributed by atoms with Gasteiger partial charge in [-0.2, -0.15) is 0 Å². The summed E-state index contributed by atoms with van der Waals surface area (Å²) in [6.45, 7) is 8.35. The van der Waals surface area contributed by atoms with Gasteiger partial charge in [-0.1, -0.05) is 37.3 Å². The Morgan fingerprint density at radius 3 is 2.55 bits per heavy atom. The number of piperidine rings is 1. The number of benzene rings is 2. The number of carbonyl (C=O) groups is 1. The highest BCUT2D eigenvalue weighted by atomic mass is 16.5. The molecular formula is C35H53N3O6. The van der Waals surface area contributed by atoms with E-state index in [1.54, 1.807) is 19.1 Å². The van der Waals surface area contributed by atoms with E-state index in [2.05, 4.69) is 59.6 Å². The highest BCUT2D eigenvalue weighted by Gasteiger charge is 2.34. The number of carbonyl (C=O) groups excluding carboxylic acids is 1. The minimum absolute atomic E-state index is 0.00441. The molecule has 0 spiro atoms. The second-order valence-corrected chi connectivity index (χ2v) is 12.1. The molecule has 44 heavy (non-hydrogen) atoms. The van der Waals surface area contributed by atoms with E-state index in [9.17, 15) is 4.79 Å². The number of hydrogen-bond acceptors (Lipinski definition) is 8. The molecule has 0 aromatic heterocycles. The van der Waals surface area contributed by atoms with Gasteiger partial charge in [0, 0.05) is 65.9 Å². The summed E-state index contributed by atoms with van der Waals surface area (Å²) in [5, 5.41) is 3.73. The molecular weight excluding hydrogens is 558 g/mol. The Bertz CT molecular complexity index is 1140. The molecule has 2 aliphatic heterocycles. The molecule has 0 radical (unpaired) electrons. The Kier molecular flexibility index (Phi) is 13.8. The number of nitrogens with one attached hydrogen (secondary N) is 1. The highest BCUT2D eigenvalue weighted by molar-refractivity contribution is 5.78. The van der Waals surface area contributed by atoms with Crippen molar-refractivity contribution in [1.82, 2.24) is 10.2 Å². The minimum atomic E-state index is 0.00441. The first-order valence-electron chi connectivity index (χ1n) is 16.1. The lowest BCUT2D eigenvalue weighted by atomic mass is 9.80. The number of fused-ring (bicyclic) bond motifs is 1. The lowest BCUT2D eigenvalue weighted by Crippen LogP contribution is -2.48. The molecule has 0 bridgehead atoms. The van der Waals surface area contributed by atoms with Crippen LogP contribution in [0.4, 0.5) is 5.69 Å². The summed E-state index contributed by atoms with van der Waals surface area (Å²) >= 11 is 0. The third-order valence-electron chi connectivity index (χ3n) is 8.78. The SMILES string of the molecule is CCC(C[C@H]1C[C@H](c2ccc(COCCOC)cc2)[C@@H](OCc2ccc3c(c2)N(CCCOC)CCO3)CN1)C(=O)N(C)C. The average molecular weight is 612 g/mol. The molecule has 1 fully saturated rings. The normalized spacial score (nSPS) is 20.6. The first-order valence-corrected chi connectivity index (χ1v) is 16.1. The van der Waals surface area contributed by atoms with E-state index >= 15 is 0 Å². The van der Waals surface area contributed by atoms with Crippen LogP contribution in [-0.2, 0) is 37.0 Å². The lowest BCUT2D eigenvalue weighted by molar-refractivity contribution is -0.133. The van der Waals surface area contributed by atoms with Crippen LogP contribution in [-0.4, -0.2) is 97.3 Å². The molecule has 2 aromatic rings. The van der Waals surface area contributed by atoms with Crippen molar-refractivity contribution in [2.45, 2.75) is 63.9 Å². The standard InChI is InChI=1S/C35H53N3O6/c1-6-28(35(39)37(2)3)21-30-22-31(29-11-8-26(9-12-29)24-42-19-18-41-5)34(23-36-30)44-25-27-10-13-33-32(20-27)38(15-17-43-33)14-7-16-40-4/h8-13,20,28,30-31,34,36H,6-7,14-19,21-25H2,1-5H3/t28?,30-,31+,34-/m0/s1. The van der Waals surface area contributed by atoms with Crippen LogP contribution in [0.1, 0.15) is 55.2 Å². The topological polar surface area (TPSA) is 81.7 Å². The maximum atomic E-state index is 12.8. The van der Waals surface area contributed by atoms with Gasteiger partial charge in [-0.15, -0.1) is 0 Å². The zero-order valence-corrected chi connectivity index (χ0v) is 27.4. The van der Waals surface area contributed by atoms with Gasteiger partial charge in [-0.05, 0) is 54.5 Å². The molecule has 9 heteroatoms. The van der Waals surface area contributed by atoms with Gasteiger partial charge in [0.25, 0.3) is 0 Å². The predicted octanol–water partition coefficient (Wildman–Crippen LogP) is 4.62. The summed E-state index contributed by atoms with van der Waals surface area (Å²) in [4.78, 5) is 16.9. The van der Waals surface area contributed by atoms with Gasteiger partial charge in [-0.3, -0.25) is 4.79 Å². The van der Waals surface area contributed by atoms with Gasteiger partial charge in [0.2, 0.25) is 5.91 Å². The second kappa shape index (κ2) is 17.7. The largest absolute Gasteiger partial charge is 0.490 e. The van der Waals surface area contributed by atoms with Crippen molar-refractivity contribution in [1.29, 1.82) is 0 Å². The van der Waals surface area contributed by atoms with E-state index in [1.807, 2.05) is 14.1 Å². The van der Waals surface area contributed by atoms with Crippen molar-refractivity contribution < 1.29 is 28.5 Å². The fourth-order valence-electron chi connectivity index (χ4n) is 6.26. The maximum Gasteiger partial charge on any atom is 0.225 e. The van der Waals surface area contributed by atoms with E-state index in [0.29, 0.717) is 33.0 Å². The number of methoxy groups -OCH3 is 2. The zero-order chi connectivity index (χ0) is 31.3. The Morgan fingerprint density at radius 2 is 1.82 bits per heavy atom. The number of rotatable bonds is 17. The fourth-order valence-corrected chi connectivity index (χ4v) is 6.26. The van der Waals surface area contributed by atoms with E-state index in [1.165, 1.54) is 5.56 Å². The van der Waals surface area contributed by atoms with E-state index in [-0.39, 0.29) is 29.9 Å². The molecule has 0 saturated carbocycles. The molecule has 1 amide bonds. The molecule has 2 aliphatic rings. The van der Waals surface area contributed by atoms with Crippen molar-refractivity contribution in [2.24, 2.45) is 5.92 Å². The minimum Gasteiger partial charge on any atom is -0.490 e. The summed E-state index contributed by atoms with van der Waals surface area (Å²) in [5.41, 5.74) is 4.67. The lowest BCUT2D eigenvalue weighted by Gasteiger charge is -2.38. The van der Waals surface area contributed by atoms with Crippen molar-refractivity contribution in [3.8, 4) is 5.75 Å². The molecule has 4 atom stereocenters. The molecule has 244 valence electrons. The van der Waals surface area contributed by atoms with Crippen LogP contribution in [0.15, 0.2) is 42.5 Å². The van der Waals surface area contributed by atoms with Crippen LogP contribution in [0, 0.1) is 5.92 Å². The number of nitrogens with zero attached hydrogens (tertiary/aromatic N) is 2. The molecule has 0 aliphatic carbocycles. The summed E-state index contributed by atoms with van der Waals surface area (Å²) < 4.78 is 28.7. The monoisotopic (exact) mass is 611 g/mol. The second-order valence-electron chi connectivity index (χ2n) is 12.1. The van der Waals surface area contributed by atoms with Crippen LogP contribution in [0.25, 0.3) is 0 Å². The van der Waals surface area contributed by atoms with Crippen molar-refractivity contribution in [3.63, 3.8) is 0 Å². The van der Waals surface area contributed by atoms with Crippen molar-refractivity contribution in [2.75, 3.05) is 79.3 Å². The number of ether oxygens (including phenoxy) is 5. The van der Waals surface area contributed by atoms with Crippen molar-refractivity contribution >= 4 is 11.6 Å². The van der Waals surface area contributed by atoms with E-state index < -0.39 is 0 Å². The Hall–Kier alpha value is -2.69. The molecule has 1 N–H and O–H groups in total. The molecule has 2 heterocycles. The Morgan fingerprint density at radius 1 is 1.05 bits per heavy atom. The summed E-state index contributed by atoms with van der Waals surface area (Å²) in [6.07, 6.45) is 3.56. The smallest absolute Gasteiger partial charge is 0.225 e. The van der Waals surface area contributed by atoms with Gasteiger partial charge in [0.15, 0.2) is 0 Å². The molecule has 1 unspecified atom stereocenters. The fraction of sp³-hybridized carbons (Fsp3) is 0.629. The molecule has 4 rings (SSSR count). The first-order chi connectivity index (χ1) is 21.4. The first kappa shape index (κ1) is 34.2. The maximum absolute atomic E-state index is 12.8. The van der Waals surface area contributed by atoms with Gasteiger partial charge in [0.05, 0.1) is 44.8 Å². The van der Waals surface area contributed by atoms with Crippen LogP contribution in [0.5, 0.6) is 5.75 Å². The Labute approximate surface area is 264 Å². The summed E-state index contributed by atoms with van der Waals surface area (Å²) in [7, 11) is 7.12. The van der Waals surface area contributed by atoms with Crippen LogP contribution < -0.4 is 15.0 Å². The van der Waals surface area contributed by atoms with E-state index in [4.69, 9.17) is 23.7 Å². The average Bonchev–Trinajstić information content (AvgIpc) is 3.05. The number of amides is 1. The predicted molar refractivity (Wildman–Crippen MR) is 173 cm³/mol. The Balaban J connectivity index is 1.46.